The number of hydrogen-bond acceptors (Lipinski definition) is 5. The van der Waals surface area contributed by atoms with E-state index in [1.807, 2.05) is 0 Å². The van der Waals surface area contributed by atoms with Crippen LogP contribution in [0.1, 0.15) is 16.8 Å². The van der Waals surface area contributed by atoms with E-state index in [9.17, 15) is 9.59 Å². The SMILES string of the molecule is O=C(N[C@H](CCO)C(=O)O)c1cccc2c1OCCO2. The minimum atomic E-state index is -1.20. The topological polar surface area (TPSA) is 105 Å². The molecule has 7 heteroatoms. The Kier molecular flexibility index (Phi) is 4.41. The summed E-state index contributed by atoms with van der Waals surface area (Å²) in [6, 6.07) is 3.69. The molecule has 7 nitrogen and oxygen atoms in total. The summed E-state index contributed by atoms with van der Waals surface area (Å²) in [6.45, 7) is 0.403. The van der Waals surface area contributed by atoms with Gasteiger partial charge in [0.15, 0.2) is 11.5 Å². The molecular formula is C13H15NO6. The molecular weight excluding hydrogens is 266 g/mol. The second kappa shape index (κ2) is 6.25. The van der Waals surface area contributed by atoms with Crippen molar-refractivity contribution in [1.29, 1.82) is 0 Å². The van der Waals surface area contributed by atoms with Gasteiger partial charge in [0.1, 0.15) is 19.3 Å². The summed E-state index contributed by atoms with van der Waals surface area (Å²) in [5.41, 5.74) is 0.214. The fourth-order valence-corrected chi connectivity index (χ4v) is 1.88. The molecule has 1 aliphatic heterocycles. The van der Waals surface area contributed by atoms with Crippen LogP contribution in [-0.4, -0.2) is 48.0 Å². The molecule has 0 saturated heterocycles. The highest BCUT2D eigenvalue weighted by atomic mass is 16.6. The Morgan fingerprint density at radius 2 is 2.05 bits per heavy atom. The predicted octanol–water partition coefficient (Wildman–Crippen LogP) is 0.0232. The quantitative estimate of drug-likeness (QED) is 0.703. The Morgan fingerprint density at radius 3 is 2.75 bits per heavy atom. The van der Waals surface area contributed by atoms with Gasteiger partial charge in [0.2, 0.25) is 0 Å². The highest BCUT2D eigenvalue weighted by molar-refractivity contribution is 5.99. The van der Waals surface area contributed by atoms with E-state index in [2.05, 4.69) is 5.32 Å². The van der Waals surface area contributed by atoms with Gasteiger partial charge in [-0.15, -0.1) is 0 Å². The summed E-state index contributed by atoms with van der Waals surface area (Å²) < 4.78 is 10.7. The number of rotatable bonds is 5. The molecule has 0 radical (unpaired) electrons. The standard InChI is InChI=1S/C13H15NO6/c15-5-4-9(13(17)18)14-12(16)8-2-1-3-10-11(8)20-7-6-19-10/h1-3,9,15H,4-7H2,(H,14,16)(H,17,18)/t9-/m1/s1. The number of aliphatic hydroxyl groups is 1. The zero-order valence-electron chi connectivity index (χ0n) is 10.7. The summed E-state index contributed by atoms with van der Waals surface area (Å²) in [6.07, 6.45) is -0.0620. The lowest BCUT2D eigenvalue weighted by Crippen LogP contribution is -2.41. The Bertz CT molecular complexity index is 516. The number of aliphatic hydroxyl groups excluding tert-OH is 1. The van der Waals surface area contributed by atoms with Crippen molar-refractivity contribution >= 4 is 11.9 Å². The summed E-state index contributed by atoms with van der Waals surface area (Å²) >= 11 is 0. The van der Waals surface area contributed by atoms with Crippen LogP contribution in [0, 0.1) is 0 Å². The summed E-state index contributed by atoms with van der Waals surface area (Å²) in [7, 11) is 0. The predicted molar refractivity (Wildman–Crippen MR) is 68.0 cm³/mol. The maximum absolute atomic E-state index is 12.1. The van der Waals surface area contributed by atoms with Crippen LogP contribution < -0.4 is 14.8 Å². The Hall–Kier alpha value is -2.28. The van der Waals surface area contributed by atoms with E-state index in [1.54, 1.807) is 12.1 Å². The largest absolute Gasteiger partial charge is 0.486 e. The molecule has 0 unspecified atom stereocenters. The number of carboxylic acid groups (broad SMARTS) is 1. The van der Waals surface area contributed by atoms with Gasteiger partial charge in [0.05, 0.1) is 5.56 Å². The van der Waals surface area contributed by atoms with Gasteiger partial charge in [-0.05, 0) is 12.1 Å². The van der Waals surface area contributed by atoms with Crippen LogP contribution in [0.25, 0.3) is 0 Å². The molecule has 20 heavy (non-hydrogen) atoms. The van der Waals surface area contributed by atoms with Crippen LogP contribution in [-0.2, 0) is 4.79 Å². The Labute approximate surface area is 115 Å². The molecule has 1 heterocycles. The van der Waals surface area contributed by atoms with Crippen LogP contribution >= 0.6 is 0 Å². The van der Waals surface area contributed by atoms with Crippen molar-refractivity contribution in [2.75, 3.05) is 19.8 Å². The highest BCUT2D eigenvalue weighted by Gasteiger charge is 2.24. The number of nitrogens with one attached hydrogen (secondary N) is 1. The molecule has 2 rings (SSSR count). The first-order chi connectivity index (χ1) is 9.63. The second-order valence-corrected chi connectivity index (χ2v) is 4.21. The minimum Gasteiger partial charge on any atom is -0.486 e. The second-order valence-electron chi connectivity index (χ2n) is 4.21. The minimum absolute atomic E-state index is 0.0620. The van der Waals surface area contributed by atoms with Crippen LogP contribution in [0.3, 0.4) is 0 Å². The molecule has 0 saturated carbocycles. The molecule has 3 N–H and O–H groups in total. The third kappa shape index (κ3) is 3.00. The van der Waals surface area contributed by atoms with Gasteiger partial charge in [-0.3, -0.25) is 4.79 Å². The fraction of sp³-hybridized carbons (Fsp3) is 0.385. The first-order valence-electron chi connectivity index (χ1n) is 6.16. The average molecular weight is 281 g/mol. The monoisotopic (exact) mass is 281 g/mol. The van der Waals surface area contributed by atoms with Crippen molar-refractivity contribution in [2.45, 2.75) is 12.5 Å². The van der Waals surface area contributed by atoms with Crippen LogP contribution in [0.2, 0.25) is 0 Å². The molecule has 1 aromatic carbocycles. The van der Waals surface area contributed by atoms with Crippen molar-refractivity contribution in [3.05, 3.63) is 23.8 Å². The van der Waals surface area contributed by atoms with Gasteiger partial charge in [-0.2, -0.15) is 0 Å². The van der Waals surface area contributed by atoms with Gasteiger partial charge in [0, 0.05) is 13.0 Å². The molecule has 1 aliphatic rings. The number of para-hydroxylation sites is 1. The summed E-state index contributed by atoms with van der Waals surface area (Å²) in [5, 5.41) is 20.1. The van der Waals surface area contributed by atoms with E-state index in [0.717, 1.165) is 0 Å². The lowest BCUT2D eigenvalue weighted by Gasteiger charge is -2.21. The Morgan fingerprint density at radius 1 is 1.30 bits per heavy atom. The number of aliphatic carboxylic acids is 1. The van der Waals surface area contributed by atoms with Crippen molar-refractivity contribution in [1.82, 2.24) is 5.32 Å². The van der Waals surface area contributed by atoms with Gasteiger partial charge in [-0.25, -0.2) is 4.79 Å². The molecule has 0 aliphatic carbocycles. The normalized spacial score (nSPS) is 14.4. The van der Waals surface area contributed by atoms with Gasteiger partial charge in [-0.1, -0.05) is 6.07 Å². The van der Waals surface area contributed by atoms with Crippen molar-refractivity contribution in [3.8, 4) is 11.5 Å². The van der Waals surface area contributed by atoms with E-state index in [0.29, 0.717) is 24.7 Å². The zero-order valence-corrected chi connectivity index (χ0v) is 10.7. The highest BCUT2D eigenvalue weighted by Crippen LogP contribution is 2.33. The third-order valence-corrected chi connectivity index (χ3v) is 2.83. The van der Waals surface area contributed by atoms with Crippen LogP contribution in [0.5, 0.6) is 11.5 Å². The first-order valence-corrected chi connectivity index (χ1v) is 6.16. The Balaban J connectivity index is 2.19. The van der Waals surface area contributed by atoms with E-state index in [-0.39, 0.29) is 18.6 Å². The molecule has 1 aromatic rings. The fourth-order valence-electron chi connectivity index (χ4n) is 1.88. The maximum Gasteiger partial charge on any atom is 0.326 e. The van der Waals surface area contributed by atoms with E-state index in [4.69, 9.17) is 19.7 Å². The number of benzene rings is 1. The number of carboxylic acids is 1. The molecule has 0 fully saturated rings. The average Bonchev–Trinajstić information content (AvgIpc) is 2.46. The van der Waals surface area contributed by atoms with Gasteiger partial charge in [0.25, 0.3) is 5.91 Å². The number of carbonyl (C=O) groups excluding carboxylic acids is 1. The lowest BCUT2D eigenvalue weighted by atomic mass is 10.1. The first kappa shape index (κ1) is 14.1. The third-order valence-electron chi connectivity index (χ3n) is 2.83. The van der Waals surface area contributed by atoms with Gasteiger partial charge < -0.3 is 25.0 Å². The van der Waals surface area contributed by atoms with Crippen molar-refractivity contribution in [3.63, 3.8) is 0 Å². The number of ether oxygens (including phenoxy) is 2. The van der Waals surface area contributed by atoms with Crippen molar-refractivity contribution in [2.24, 2.45) is 0 Å². The van der Waals surface area contributed by atoms with E-state index >= 15 is 0 Å². The molecule has 1 atom stereocenters. The number of amides is 1. The molecule has 0 aromatic heterocycles. The number of fused-ring (bicyclic) bond motifs is 1. The number of hydrogen-bond donors (Lipinski definition) is 3. The summed E-state index contributed by atoms with van der Waals surface area (Å²) in [4.78, 5) is 23.1. The van der Waals surface area contributed by atoms with Gasteiger partial charge >= 0.3 is 5.97 Å². The van der Waals surface area contributed by atoms with E-state index in [1.165, 1.54) is 6.07 Å². The van der Waals surface area contributed by atoms with E-state index < -0.39 is 17.9 Å². The molecule has 1 amide bonds. The molecule has 0 bridgehead atoms. The smallest absolute Gasteiger partial charge is 0.326 e. The van der Waals surface area contributed by atoms with Crippen LogP contribution in [0.4, 0.5) is 0 Å². The van der Waals surface area contributed by atoms with Crippen molar-refractivity contribution < 1.29 is 29.3 Å². The van der Waals surface area contributed by atoms with Crippen LogP contribution in [0.15, 0.2) is 18.2 Å². The summed E-state index contributed by atoms with van der Waals surface area (Å²) in [5.74, 6) is -1.01. The molecule has 108 valence electrons. The zero-order chi connectivity index (χ0) is 14.5. The number of carbonyl (C=O) groups is 2. The lowest BCUT2D eigenvalue weighted by molar-refractivity contribution is -0.139. The maximum atomic E-state index is 12.1. The molecule has 0 spiro atoms.